The Labute approximate surface area is 145 Å². The highest BCUT2D eigenvalue weighted by atomic mass is 16.3. The molecule has 1 heterocycles. The van der Waals surface area contributed by atoms with Crippen molar-refractivity contribution < 1.29 is 9.90 Å². The SMILES string of the molecule is CN1CCN(C)[C@H](CNC(=O)c2cccc(CCC(C)(C)O)c2)C1. The number of rotatable bonds is 6. The van der Waals surface area contributed by atoms with E-state index in [2.05, 4.69) is 29.2 Å². The van der Waals surface area contributed by atoms with Gasteiger partial charge in [-0.3, -0.25) is 9.69 Å². The monoisotopic (exact) mass is 333 g/mol. The highest BCUT2D eigenvalue weighted by Crippen LogP contribution is 2.14. The summed E-state index contributed by atoms with van der Waals surface area (Å²) in [7, 11) is 4.23. The lowest BCUT2D eigenvalue weighted by Crippen LogP contribution is -2.54. The minimum atomic E-state index is -0.685. The molecule has 24 heavy (non-hydrogen) atoms. The smallest absolute Gasteiger partial charge is 0.251 e. The van der Waals surface area contributed by atoms with Crippen molar-refractivity contribution in [2.75, 3.05) is 40.3 Å². The van der Waals surface area contributed by atoms with Gasteiger partial charge in [0, 0.05) is 37.8 Å². The van der Waals surface area contributed by atoms with Crippen molar-refractivity contribution in [3.63, 3.8) is 0 Å². The van der Waals surface area contributed by atoms with Crippen LogP contribution >= 0.6 is 0 Å². The number of benzene rings is 1. The second-order valence-electron chi connectivity index (χ2n) is 7.62. The Morgan fingerprint density at radius 1 is 1.33 bits per heavy atom. The molecule has 1 aromatic rings. The normalized spacial score (nSPS) is 20.1. The van der Waals surface area contributed by atoms with E-state index >= 15 is 0 Å². The van der Waals surface area contributed by atoms with Crippen molar-refractivity contribution in [1.82, 2.24) is 15.1 Å². The summed E-state index contributed by atoms with van der Waals surface area (Å²) in [4.78, 5) is 17.0. The molecule has 1 fully saturated rings. The summed E-state index contributed by atoms with van der Waals surface area (Å²) in [6.07, 6.45) is 1.44. The lowest BCUT2D eigenvalue weighted by atomic mass is 9.98. The number of nitrogens with one attached hydrogen (secondary N) is 1. The summed E-state index contributed by atoms with van der Waals surface area (Å²) in [6.45, 7) is 7.35. The molecule has 0 spiro atoms. The highest BCUT2D eigenvalue weighted by Gasteiger charge is 2.22. The van der Waals surface area contributed by atoms with Crippen molar-refractivity contribution in [3.05, 3.63) is 35.4 Å². The van der Waals surface area contributed by atoms with Gasteiger partial charge in [-0.1, -0.05) is 12.1 Å². The first-order valence-corrected chi connectivity index (χ1v) is 8.73. The Morgan fingerprint density at radius 3 is 2.79 bits per heavy atom. The number of aryl methyl sites for hydroxylation is 1. The third-order valence-corrected chi connectivity index (χ3v) is 4.69. The average molecular weight is 333 g/mol. The molecule has 2 rings (SSSR count). The van der Waals surface area contributed by atoms with Crippen LogP contribution < -0.4 is 5.32 Å². The fourth-order valence-corrected chi connectivity index (χ4v) is 2.95. The third kappa shape index (κ3) is 5.89. The molecule has 0 radical (unpaired) electrons. The van der Waals surface area contributed by atoms with E-state index in [9.17, 15) is 9.90 Å². The van der Waals surface area contributed by atoms with Crippen LogP contribution in [0.5, 0.6) is 0 Å². The molecule has 0 aromatic heterocycles. The topological polar surface area (TPSA) is 55.8 Å². The fraction of sp³-hybridized carbons (Fsp3) is 0.632. The van der Waals surface area contributed by atoms with E-state index in [1.807, 2.05) is 24.3 Å². The van der Waals surface area contributed by atoms with E-state index in [-0.39, 0.29) is 5.91 Å². The third-order valence-electron chi connectivity index (χ3n) is 4.69. The van der Waals surface area contributed by atoms with Gasteiger partial charge in [0.1, 0.15) is 0 Å². The molecule has 1 amide bonds. The van der Waals surface area contributed by atoms with Crippen LogP contribution in [-0.4, -0.2) is 72.7 Å². The maximum absolute atomic E-state index is 12.4. The molecule has 5 heteroatoms. The van der Waals surface area contributed by atoms with Crippen LogP contribution in [0.25, 0.3) is 0 Å². The molecular formula is C19H31N3O2. The molecule has 5 nitrogen and oxygen atoms in total. The molecular weight excluding hydrogens is 302 g/mol. The van der Waals surface area contributed by atoms with Crippen molar-refractivity contribution >= 4 is 5.91 Å². The first kappa shape index (κ1) is 18.9. The van der Waals surface area contributed by atoms with E-state index in [1.54, 1.807) is 13.8 Å². The number of carbonyl (C=O) groups is 1. The average Bonchev–Trinajstić information content (AvgIpc) is 2.53. The highest BCUT2D eigenvalue weighted by molar-refractivity contribution is 5.94. The van der Waals surface area contributed by atoms with Crippen LogP contribution in [0.1, 0.15) is 36.2 Å². The van der Waals surface area contributed by atoms with Gasteiger partial charge in [-0.05, 0) is 58.5 Å². The Hall–Kier alpha value is -1.43. The quantitative estimate of drug-likeness (QED) is 0.825. The molecule has 0 bridgehead atoms. The number of amides is 1. The van der Waals surface area contributed by atoms with Gasteiger partial charge in [0.15, 0.2) is 0 Å². The Bertz CT molecular complexity index is 554. The number of likely N-dealkylation sites (N-methyl/N-ethyl adjacent to an activating group) is 2. The molecule has 1 aromatic carbocycles. The van der Waals surface area contributed by atoms with Crippen LogP contribution in [0.2, 0.25) is 0 Å². The van der Waals surface area contributed by atoms with E-state index < -0.39 is 5.60 Å². The molecule has 0 aliphatic carbocycles. The summed E-state index contributed by atoms with van der Waals surface area (Å²) in [5.74, 6) is -0.0262. The first-order chi connectivity index (χ1) is 11.2. The second-order valence-corrected chi connectivity index (χ2v) is 7.62. The van der Waals surface area contributed by atoms with Gasteiger partial charge < -0.3 is 15.3 Å². The number of hydrogen-bond acceptors (Lipinski definition) is 4. The zero-order valence-electron chi connectivity index (χ0n) is 15.4. The van der Waals surface area contributed by atoms with Gasteiger partial charge in [0.25, 0.3) is 5.91 Å². The molecule has 1 saturated heterocycles. The Morgan fingerprint density at radius 2 is 2.08 bits per heavy atom. The molecule has 1 aliphatic heterocycles. The van der Waals surface area contributed by atoms with Gasteiger partial charge in [0.2, 0.25) is 0 Å². The van der Waals surface area contributed by atoms with E-state index in [1.165, 1.54) is 0 Å². The van der Waals surface area contributed by atoms with Gasteiger partial charge in [-0.2, -0.15) is 0 Å². The van der Waals surface area contributed by atoms with Crippen LogP contribution in [0.4, 0.5) is 0 Å². The minimum Gasteiger partial charge on any atom is -0.390 e. The molecule has 1 atom stereocenters. The summed E-state index contributed by atoms with van der Waals surface area (Å²) >= 11 is 0. The molecule has 1 aliphatic rings. The molecule has 2 N–H and O–H groups in total. The second kappa shape index (κ2) is 8.10. The van der Waals surface area contributed by atoms with E-state index in [4.69, 9.17) is 0 Å². The van der Waals surface area contributed by atoms with Crippen LogP contribution in [0.3, 0.4) is 0 Å². The standard InChI is InChI=1S/C19H31N3O2/c1-19(2,24)9-8-15-6-5-7-16(12-15)18(23)20-13-17-14-21(3)10-11-22(17)4/h5-7,12,17,24H,8-11,13-14H2,1-4H3,(H,20,23)/t17-/m1/s1. The zero-order chi connectivity index (χ0) is 17.7. The van der Waals surface area contributed by atoms with Gasteiger partial charge in [-0.25, -0.2) is 0 Å². The van der Waals surface area contributed by atoms with Gasteiger partial charge >= 0.3 is 0 Å². The predicted octanol–water partition coefficient (Wildman–Crippen LogP) is 1.37. The van der Waals surface area contributed by atoms with Gasteiger partial charge in [0.05, 0.1) is 5.60 Å². The number of aliphatic hydroxyl groups is 1. The maximum Gasteiger partial charge on any atom is 0.251 e. The number of hydrogen-bond donors (Lipinski definition) is 2. The molecule has 134 valence electrons. The fourth-order valence-electron chi connectivity index (χ4n) is 2.95. The minimum absolute atomic E-state index is 0.0262. The summed E-state index contributed by atoms with van der Waals surface area (Å²) in [5.41, 5.74) is 1.09. The molecule has 0 unspecified atom stereocenters. The number of carbonyl (C=O) groups excluding carboxylic acids is 1. The molecule has 0 saturated carbocycles. The van der Waals surface area contributed by atoms with Crippen molar-refractivity contribution in [2.24, 2.45) is 0 Å². The van der Waals surface area contributed by atoms with Gasteiger partial charge in [-0.15, -0.1) is 0 Å². The predicted molar refractivity (Wildman–Crippen MR) is 97.3 cm³/mol. The van der Waals surface area contributed by atoms with E-state index in [0.29, 0.717) is 24.6 Å². The van der Waals surface area contributed by atoms with Crippen LogP contribution in [0, 0.1) is 0 Å². The zero-order valence-corrected chi connectivity index (χ0v) is 15.4. The van der Waals surface area contributed by atoms with E-state index in [0.717, 1.165) is 31.6 Å². The Balaban J connectivity index is 1.90. The lowest BCUT2D eigenvalue weighted by molar-refractivity contribution is 0.0714. The maximum atomic E-state index is 12.4. The lowest BCUT2D eigenvalue weighted by Gasteiger charge is -2.37. The van der Waals surface area contributed by atoms with Crippen molar-refractivity contribution in [1.29, 1.82) is 0 Å². The van der Waals surface area contributed by atoms with Crippen LogP contribution in [-0.2, 0) is 6.42 Å². The summed E-state index contributed by atoms with van der Waals surface area (Å²) in [6, 6.07) is 8.05. The van der Waals surface area contributed by atoms with Crippen LogP contribution in [0.15, 0.2) is 24.3 Å². The van der Waals surface area contributed by atoms with Crippen molar-refractivity contribution in [3.8, 4) is 0 Å². The summed E-state index contributed by atoms with van der Waals surface area (Å²) in [5, 5.41) is 12.9. The Kier molecular flexibility index (Phi) is 6.38. The largest absolute Gasteiger partial charge is 0.390 e. The number of nitrogens with zero attached hydrogens (tertiary/aromatic N) is 2. The summed E-state index contributed by atoms with van der Waals surface area (Å²) < 4.78 is 0. The first-order valence-electron chi connectivity index (χ1n) is 8.73. The van der Waals surface area contributed by atoms with Crippen molar-refractivity contribution in [2.45, 2.75) is 38.3 Å². The number of piperazine rings is 1.